The Kier molecular flexibility index (Phi) is 4.69. The van der Waals surface area contributed by atoms with Crippen molar-refractivity contribution in [3.05, 3.63) is 29.8 Å². The fourth-order valence-corrected chi connectivity index (χ4v) is 3.10. The van der Waals surface area contributed by atoms with Crippen LogP contribution >= 0.6 is 0 Å². The Balaban J connectivity index is 2.07. The Morgan fingerprint density at radius 3 is 2.45 bits per heavy atom. The molecule has 2 rings (SSSR count). The molecule has 0 saturated heterocycles. The highest BCUT2D eigenvalue weighted by atomic mass is 16.5. The SMILES string of the molecule is CC(C)C1CC[C@@H](C)CC1Oc1ccc(C(=O)O)cc1. The summed E-state index contributed by atoms with van der Waals surface area (Å²) >= 11 is 0. The molecule has 0 heterocycles. The van der Waals surface area contributed by atoms with E-state index in [-0.39, 0.29) is 6.10 Å². The number of ether oxygens (including phenoxy) is 1. The molecule has 2 unspecified atom stereocenters. The van der Waals surface area contributed by atoms with Gasteiger partial charge >= 0.3 is 5.97 Å². The number of carboxylic acids is 1. The summed E-state index contributed by atoms with van der Waals surface area (Å²) in [5.74, 6) is 1.78. The molecule has 0 aliphatic heterocycles. The van der Waals surface area contributed by atoms with Gasteiger partial charge in [0.05, 0.1) is 5.56 Å². The Hall–Kier alpha value is -1.51. The average Bonchev–Trinajstić information content (AvgIpc) is 2.39. The van der Waals surface area contributed by atoms with Crippen molar-refractivity contribution in [3.8, 4) is 5.75 Å². The molecular weight excluding hydrogens is 252 g/mol. The number of rotatable bonds is 4. The second kappa shape index (κ2) is 6.29. The monoisotopic (exact) mass is 276 g/mol. The molecular formula is C17H24O3. The molecule has 3 atom stereocenters. The van der Waals surface area contributed by atoms with Crippen LogP contribution in [-0.4, -0.2) is 17.2 Å². The second-order valence-corrected chi connectivity index (χ2v) is 6.31. The molecule has 20 heavy (non-hydrogen) atoms. The molecule has 1 aromatic carbocycles. The Morgan fingerprint density at radius 1 is 1.25 bits per heavy atom. The lowest BCUT2D eigenvalue weighted by Gasteiger charge is -2.37. The first-order chi connectivity index (χ1) is 9.47. The van der Waals surface area contributed by atoms with E-state index in [0.717, 1.165) is 12.2 Å². The smallest absolute Gasteiger partial charge is 0.335 e. The first-order valence-electron chi connectivity index (χ1n) is 7.47. The summed E-state index contributed by atoms with van der Waals surface area (Å²) in [6.45, 7) is 6.79. The minimum Gasteiger partial charge on any atom is -0.490 e. The topological polar surface area (TPSA) is 46.5 Å². The van der Waals surface area contributed by atoms with Crippen LogP contribution in [0.1, 0.15) is 50.4 Å². The molecule has 110 valence electrons. The summed E-state index contributed by atoms with van der Waals surface area (Å²) in [7, 11) is 0. The average molecular weight is 276 g/mol. The molecule has 3 nitrogen and oxygen atoms in total. The van der Waals surface area contributed by atoms with E-state index >= 15 is 0 Å². The van der Waals surface area contributed by atoms with Crippen molar-refractivity contribution in [2.45, 2.75) is 46.1 Å². The van der Waals surface area contributed by atoms with E-state index < -0.39 is 5.97 Å². The van der Waals surface area contributed by atoms with Crippen molar-refractivity contribution in [1.29, 1.82) is 0 Å². The van der Waals surface area contributed by atoms with Crippen molar-refractivity contribution >= 4 is 5.97 Å². The summed E-state index contributed by atoms with van der Waals surface area (Å²) in [4.78, 5) is 10.8. The first kappa shape index (κ1) is 14.9. The number of benzene rings is 1. The van der Waals surface area contributed by atoms with Gasteiger partial charge in [0, 0.05) is 0 Å². The van der Waals surface area contributed by atoms with Gasteiger partial charge in [-0.3, -0.25) is 0 Å². The Bertz CT molecular complexity index is 450. The lowest BCUT2D eigenvalue weighted by molar-refractivity contribution is 0.0460. The lowest BCUT2D eigenvalue weighted by Crippen LogP contribution is -2.36. The fourth-order valence-electron chi connectivity index (χ4n) is 3.10. The van der Waals surface area contributed by atoms with E-state index in [1.54, 1.807) is 24.3 Å². The van der Waals surface area contributed by atoms with Crippen molar-refractivity contribution in [3.63, 3.8) is 0 Å². The number of hydrogen-bond acceptors (Lipinski definition) is 2. The van der Waals surface area contributed by atoms with Gasteiger partial charge in [0.15, 0.2) is 0 Å². The van der Waals surface area contributed by atoms with Gasteiger partial charge in [-0.05, 0) is 54.9 Å². The largest absolute Gasteiger partial charge is 0.490 e. The molecule has 3 heteroatoms. The minimum absolute atomic E-state index is 0.245. The van der Waals surface area contributed by atoms with E-state index in [9.17, 15) is 4.79 Å². The van der Waals surface area contributed by atoms with Gasteiger partial charge in [0.2, 0.25) is 0 Å². The summed E-state index contributed by atoms with van der Waals surface area (Å²) in [5, 5.41) is 8.91. The molecule has 1 aromatic rings. The summed E-state index contributed by atoms with van der Waals surface area (Å²) in [5.41, 5.74) is 0.301. The van der Waals surface area contributed by atoms with Crippen molar-refractivity contribution in [2.75, 3.05) is 0 Å². The van der Waals surface area contributed by atoms with Gasteiger partial charge in [-0.25, -0.2) is 4.79 Å². The third kappa shape index (κ3) is 3.53. The van der Waals surface area contributed by atoms with Crippen molar-refractivity contribution in [2.24, 2.45) is 17.8 Å². The highest BCUT2D eigenvalue weighted by Gasteiger charge is 2.32. The zero-order valence-corrected chi connectivity index (χ0v) is 12.5. The van der Waals surface area contributed by atoms with Crippen LogP contribution < -0.4 is 4.74 Å². The molecule has 1 fully saturated rings. The zero-order chi connectivity index (χ0) is 14.7. The predicted octanol–water partition coefficient (Wildman–Crippen LogP) is 4.22. The predicted molar refractivity (Wildman–Crippen MR) is 79.2 cm³/mol. The van der Waals surface area contributed by atoms with Crippen LogP contribution in [0.15, 0.2) is 24.3 Å². The molecule has 1 aliphatic rings. The summed E-state index contributed by atoms with van der Waals surface area (Å²) < 4.78 is 6.14. The Labute approximate surface area is 121 Å². The highest BCUT2D eigenvalue weighted by molar-refractivity contribution is 5.87. The number of hydrogen-bond donors (Lipinski definition) is 1. The maximum absolute atomic E-state index is 10.8. The summed E-state index contributed by atoms with van der Waals surface area (Å²) in [6.07, 6.45) is 3.83. The van der Waals surface area contributed by atoms with E-state index in [0.29, 0.717) is 23.3 Å². The Morgan fingerprint density at radius 2 is 1.90 bits per heavy atom. The second-order valence-electron chi connectivity index (χ2n) is 6.31. The van der Waals surface area contributed by atoms with Crippen LogP contribution in [0.4, 0.5) is 0 Å². The maximum atomic E-state index is 10.8. The normalized spacial score (nSPS) is 26.5. The summed E-state index contributed by atoms with van der Waals surface area (Å²) in [6, 6.07) is 6.74. The van der Waals surface area contributed by atoms with Crippen LogP contribution in [0.2, 0.25) is 0 Å². The van der Waals surface area contributed by atoms with Crippen LogP contribution in [0, 0.1) is 17.8 Å². The quantitative estimate of drug-likeness (QED) is 0.895. The van der Waals surface area contributed by atoms with Crippen LogP contribution in [0.3, 0.4) is 0 Å². The third-order valence-corrected chi connectivity index (χ3v) is 4.35. The molecule has 1 aliphatic carbocycles. The van der Waals surface area contributed by atoms with Gasteiger partial charge in [-0.2, -0.15) is 0 Å². The third-order valence-electron chi connectivity index (χ3n) is 4.35. The molecule has 0 spiro atoms. The van der Waals surface area contributed by atoms with E-state index in [2.05, 4.69) is 20.8 Å². The van der Waals surface area contributed by atoms with E-state index in [1.807, 2.05) is 0 Å². The number of aromatic carboxylic acids is 1. The van der Waals surface area contributed by atoms with Gasteiger partial charge in [-0.15, -0.1) is 0 Å². The van der Waals surface area contributed by atoms with E-state index in [1.165, 1.54) is 12.8 Å². The maximum Gasteiger partial charge on any atom is 0.335 e. The van der Waals surface area contributed by atoms with E-state index in [4.69, 9.17) is 9.84 Å². The molecule has 0 aromatic heterocycles. The number of carboxylic acid groups (broad SMARTS) is 1. The fraction of sp³-hybridized carbons (Fsp3) is 0.588. The van der Waals surface area contributed by atoms with Crippen LogP contribution in [0.5, 0.6) is 5.75 Å². The van der Waals surface area contributed by atoms with Gasteiger partial charge in [-0.1, -0.05) is 27.2 Å². The highest BCUT2D eigenvalue weighted by Crippen LogP contribution is 2.35. The van der Waals surface area contributed by atoms with Crippen LogP contribution in [-0.2, 0) is 0 Å². The first-order valence-corrected chi connectivity index (χ1v) is 7.47. The van der Waals surface area contributed by atoms with Crippen molar-refractivity contribution < 1.29 is 14.6 Å². The van der Waals surface area contributed by atoms with Gasteiger partial charge in [0.1, 0.15) is 11.9 Å². The van der Waals surface area contributed by atoms with Gasteiger partial charge in [0.25, 0.3) is 0 Å². The minimum atomic E-state index is -0.900. The number of carbonyl (C=O) groups is 1. The van der Waals surface area contributed by atoms with Gasteiger partial charge < -0.3 is 9.84 Å². The molecule has 1 N–H and O–H groups in total. The van der Waals surface area contributed by atoms with Crippen LogP contribution in [0.25, 0.3) is 0 Å². The molecule has 0 bridgehead atoms. The zero-order valence-electron chi connectivity index (χ0n) is 12.5. The molecule has 1 saturated carbocycles. The lowest BCUT2D eigenvalue weighted by atomic mass is 9.75. The molecule has 0 radical (unpaired) electrons. The van der Waals surface area contributed by atoms with Crippen molar-refractivity contribution in [1.82, 2.24) is 0 Å². The standard InChI is InChI=1S/C17H24O3/c1-11(2)15-9-4-12(3)10-16(15)20-14-7-5-13(6-8-14)17(18)19/h5-8,11-12,15-16H,4,9-10H2,1-3H3,(H,18,19)/t12-,15?,16?/m1/s1. The molecule has 0 amide bonds.